The lowest BCUT2D eigenvalue weighted by Gasteiger charge is -2.19. The molecule has 0 aliphatic heterocycles. The normalized spacial score (nSPS) is 12.7. The number of hydrogen-bond donors (Lipinski definition) is 1. The highest BCUT2D eigenvalue weighted by Gasteiger charge is 2.17. The highest BCUT2D eigenvalue weighted by molar-refractivity contribution is 6.24. The largest absolute Gasteiger partial charge is 0.349 e. The molecule has 130 valence electrons. The maximum Gasteiger partial charge on any atom is 0.270 e. The molecule has 0 saturated carbocycles. The van der Waals surface area contributed by atoms with Gasteiger partial charge in [-0.15, -0.1) is 0 Å². The van der Waals surface area contributed by atoms with Gasteiger partial charge in [0.1, 0.15) is 0 Å². The summed E-state index contributed by atoms with van der Waals surface area (Å²) in [5.41, 5.74) is 1.86. The third kappa shape index (κ3) is 5.01. The lowest BCUT2D eigenvalue weighted by molar-refractivity contribution is -0.384. The first-order chi connectivity index (χ1) is 11.9. The number of nitro benzene ring substituents is 1. The summed E-state index contributed by atoms with van der Waals surface area (Å²) in [4.78, 5) is 23.3. The van der Waals surface area contributed by atoms with Crippen LogP contribution >= 0.6 is 0 Å². The monoisotopic (exact) mass is 338 g/mol. The lowest BCUT2D eigenvalue weighted by atomic mass is 10.00. The topological polar surface area (TPSA) is 72.2 Å². The van der Waals surface area contributed by atoms with Gasteiger partial charge in [-0.3, -0.25) is 14.9 Å². The number of nitrogens with zero attached hydrogens (tertiary/aromatic N) is 1. The van der Waals surface area contributed by atoms with Crippen LogP contribution in [0.5, 0.6) is 0 Å². The van der Waals surface area contributed by atoms with E-state index in [0.717, 1.165) is 5.56 Å². The lowest BCUT2D eigenvalue weighted by Crippen LogP contribution is -2.36. The molecule has 0 heterocycles. The zero-order valence-electron chi connectivity index (χ0n) is 14.6. The molecule has 0 aliphatic rings. The van der Waals surface area contributed by atoms with Gasteiger partial charge in [-0.05, 0) is 30.0 Å². The number of hydrogen-bond acceptors (Lipinski definition) is 3. The van der Waals surface area contributed by atoms with Crippen molar-refractivity contribution in [2.75, 3.05) is 0 Å². The maximum absolute atomic E-state index is 12.8. The molecule has 1 N–H and O–H groups in total. The van der Waals surface area contributed by atoms with Crippen molar-refractivity contribution in [3.8, 4) is 0 Å². The molecule has 2 aromatic carbocycles. The Kier molecular flexibility index (Phi) is 6.06. The minimum Gasteiger partial charge on any atom is -0.349 e. The van der Waals surface area contributed by atoms with Gasteiger partial charge in [0.2, 0.25) is 0 Å². The van der Waals surface area contributed by atoms with E-state index in [1.165, 1.54) is 12.1 Å². The van der Waals surface area contributed by atoms with E-state index in [1.54, 1.807) is 18.2 Å². The Morgan fingerprint density at radius 2 is 1.76 bits per heavy atom. The summed E-state index contributed by atoms with van der Waals surface area (Å²) in [5.74, 6) is 0.109. The van der Waals surface area contributed by atoms with E-state index >= 15 is 0 Å². The van der Waals surface area contributed by atoms with Crippen LogP contribution in [0.3, 0.4) is 0 Å². The van der Waals surface area contributed by atoms with Crippen molar-refractivity contribution >= 4 is 23.2 Å². The second-order valence-electron chi connectivity index (χ2n) is 6.28. The van der Waals surface area contributed by atoms with E-state index in [9.17, 15) is 14.9 Å². The van der Waals surface area contributed by atoms with Gasteiger partial charge in [0.15, 0.2) is 0 Å². The second kappa shape index (κ2) is 8.24. The van der Waals surface area contributed by atoms with Crippen LogP contribution in [0.4, 0.5) is 5.69 Å². The van der Waals surface area contributed by atoms with E-state index in [2.05, 4.69) is 5.32 Å². The minimum absolute atomic E-state index is 0.00267. The number of carbonyl (C=O) groups is 1. The Morgan fingerprint density at radius 3 is 2.36 bits per heavy atom. The molecular formula is C20H22N2O3. The van der Waals surface area contributed by atoms with Crippen molar-refractivity contribution in [3.63, 3.8) is 0 Å². The molecule has 0 spiro atoms. The highest BCUT2D eigenvalue weighted by atomic mass is 16.6. The van der Waals surface area contributed by atoms with Crippen LogP contribution in [0.2, 0.25) is 0 Å². The molecule has 1 amide bonds. The van der Waals surface area contributed by atoms with Gasteiger partial charge in [0.05, 0.1) is 4.92 Å². The van der Waals surface area contributed by atoms with Gasteiger partial charge in [0.25, 0.3) is 11.6 Å². The predicted octanol–water partition coefficient (Wildman–Crippen LogP) is 4.30. The van der Waals surface area contributed by atoms with Gasteiger partial charge in [-0.25, -0.2) is 0 Å². The Balaban J connectivity index is 2.43. The van der Waals surface area contributed by atoms with Crippen molar-refractivity contribution < 1.29 is 9.72 Å². The molecule has 0 bridgehead atoms. The van der Waals surface area contributed by atoms with Crippen molar-refractivity contribution in [1.82, 2.24) is 5.32 Å². The van der Waals surface area contributed by atoms with Crippen LogP contribution in [0.1, 0.15) is 31.9 Å². The molecule has 0 aromatic heterocycles. The van der Waals surface area contributed by atoms with Crippen LogP contribution in [-0.4, -0.2) is 16.9 Å². The number of nitrogens with one attached hydrogen (secondary N) is 1. The molecule has 2 rings (SSSR count). The van der Waals surface area contributed by atoms with Gasteiger partial charge in [-0.2, -0.15) is 0 Å². The summed E-state index contributed by atoms with van der Waals surface area (Å²) < 4.78 is 0. The maximum atomic E-state index is 12.8. The van der Waals surface area contributed by atoms with Crippen LogP contribution in [0, 0.1) is 16.0 Å². The predicted molar refractivity (Wildman–Crippen MR) is 99.9 cm³/mol. The Hall–Kier alpha value is -2.95. The fourth-order valence-electron chi connectivity index (χ4n) is 2.24. The number of amides is 1. The fourth-order valence-corrected chi connectivity index (χ4v) is 2.24. The van der Waals surface area contributed by atoms with Crippen LogP contribution in [0.25, 0.3) is 11.6 Å². The van der Waals surface area contributed by atoms with E-state index in [-0.39, 0.29) is 17.6 Å². The summed E-state index contributed by atoms with van der Waals surface area (Å²) in [5, 5.41) is 14.0. The standard InChI is InChI=1S/C20H22N2O3/c1-14(2)15(3)21-20(23)19(17-9-5-4-6-10-17)13-16-8-7-11-18(12-16)22(24)25/h4-15H,1-3H3,(H,21,23)/b19-13+/t15-/m0/s1. The van der Waals surface area contributed by atoms with Crippen LogP contribution < -0.4 is 5.32 Å². The summed E-state index contributed by atoms with van der Waals surface area (Å²) in [6.07, 6.45) is 1.69. The second-order valence-corrected chi connectivity index (χ2v) is 6.28. The molecule has 0 saturated heterocycles. The van der Waals surface area contributed by atoms with E-state index in [0.29, 0.717) is 17.1 Å². The molecule has 5 nitrogen and oxygen atoms in total. The zero-order valence-corrected chi connectivity index (χ0v) is 14.6. The highest BCUT2D eigenvalue weighted by Crippen LogP contribution is 2.21. The number of carbonyl (C=O) groups excluding carboxylic acids is 1. The molecule has 2 aromatic rings. The summed E-state index contributed by atoms with van der Waals surface area (Å²) in [6.45, 7) is 6.04. The molecule has 0 aliphatic carbocycles. The summed E-state index contributed by atoms with van der Waals surface area (Å²) in [6, 6.07) is 15.6. The minimum atomic E-state index is -0.444. The van der Waals surface area contributed by atoms with Crippen molar-refractivity contribution in [1.29, 1.82) is 0 Å². The number of non-ortho nitro benzene ring substituents is 1. The Morgan fingerprint density at radius 1 is 1.08 bits per heavy atom. The number of benzene rings is 2. The van der Waals surface area contributed by atoms with Crippen molar-refractivity contribution in [2.24, 2.45) is 5.92 Å². The molecule has 1 atom stereocenters. The average Bonchev–Trinajstić information content (AvgIpc) is 2.60. The van der Waals surface area contributed by atoms with Gasteiger partial charge in [-0.1, -0.05) is 56.3 Å². The molecule has 0 unspecified atom stereocenters. The van der Waals surface area contributed by atoms with Gasteiger partial charge >= 0.3 is 0 Å². The first-order valence-corrected chi connectivity index (χ1v) is 8.21. The molecule has 0 fully saturated rings. The zero-order chi connectivity index (χ0) is 18.4. The first-order valence-electron chi connectivity index (χ1n) is 8.21. The van der Waals surface area contributed by atoms with E-state index in [4.69, 9.17) is 0 Å². The van der Waals surface area contributed by atoms with Crippen LogP contribution in [0.15, 0.2) is 54.6 Å². The van der Waals surface area contributed by atoms with Gasteiger partial charge in [0, 0.05) is 23.7 Å². The third-order valence-electron chi connectivity index (χ3n) is 4.08. The average molecular weight is 338 g/mol. The van der Waals surface area contributed by atoms with E-state index < -0.39 is 4.92 Å². The molecule has 0 radical (unpaired) electrons. The number of nitro groups is 1. The fraction of sp³-hybridized carbons (Fsp3) is 0.250. The SMILES string of the molecule is CC(C)[C@H](C)NC(=O)/C(=C/c1cccc([N+](=O)[O-])c1)c1ccccc1. The molecule has 5 heteroatoms. The van der Waals surface area contributed by atoms with Crippen molar-refractivity contribution in [3.05, 3.63) is 75.8 Å². The Labute approximate surface area is 147 Å². The Bertz CT molecular complexity index is 783. The van der Waals surface area contributed by atoms with Crippen molar-refractivity contribution in [2.45, 2.75) is 26.8 Å². The smallest absolute Gasteiger partial charge is 0.270 e. The summed E-state index contributed by atoms with van der Waals surface area (Å²) >= 11 is 0. The first kappa shape index (κ1) is 18.4. The number of rotatable bonds is 6. The third-order valence-corrected chi connectivity index (χ3v) is 4.08. The quantitative estimate of drug-likeness (QED) is 0.369. The van der Waals surface area contributed by atoms with E-state index in [1.807, 2.05) is 51.1 Å². The summed E-state index contributed by atoms with van der Waals surface area (Å²) in [7, 11) is 0. The van der Waals surface area contributed by atoms with Gasteiger partial charge < -0.3 is 5.32 Å². The van der Waals surface area contributed by atoms with Crippen LogP contribution in [-0.2, 0) is 4.79 Å². The molecular weight excluding hydrogens is 316 g/mol. The molecule has 25 heavy (non-hydrogen) atoms.